The largest absolute Gasteiger partial charge is 0.488 e. The van der Waals surface area contributed by atoms with Gasteiger partial charge < -0.3 is 4.74 Å². The third kappa shape index (κ3) is 3.17. The maximum Gasteiger partial charge on any atom is 0.276 e. The van der Waals surface area contributed by atoms with E-state index in [9.17, 15) is 10.1 Å². The van der Waals surface area contributed by atoms with Crippen molar-refractivity contribution >= 4 is 21.6 Å². The predicted molar refractivity (Wildman–Crippen MR) is 81.0 cm³/mol. The van der Waals surface area contributed by atoms with Crippen LogP contribution in [0.15, 0.2) is 40.9 Å². The molecule has 2 rings (SSSR count). The second kappa shape index (κ2) is 6.05. The molecule has 5 heteroatoms. The molecule has 0 heterocycles. The summed E-state index contributed by atoms with van der Waals surface area (Å²) in [7, 11) is 0. The Morgan fingerprint density at radius 1 is 1.20 bits per heavy atom. The van der Waals surface area contributed by atoms with Gasteiger partial charge in [0, 0.05) is 15.6 Å². The molecular weight excluding hydrogens is 322 g/mol. The number of rotatable bonds is 4. The number of aryl methyl sites for hydroxylation is 2. The molecule has 0 aliphatic rings. The van der Waals surface area contributed by atoms with E-state index in [-0.39, 0.29) is 10.6 Å². The van der Waals surface area contributed by atoms with Gasteiger partial charge >= 0.3 is 0 Å². The van der Waals surface area contributed by atoms with Gasteiger partial charge in [-0.15, -0.1) is 0 Å². The molecule has 0 unspecified atom stereocenters. The maximum absolute atomic E-state index is 11.0. The van der Waals surface area contributed by atoms with Crippen molar-refractivity contribution in [2.24, 2.45) is 0 Å². The molecule has 2 aromatic carbocycles. The number of halogens is 1. The second-order valence-corrected chi connectivity index (χ2v) is 5.40. The van der Waals surface area contributed by atoms with Crippen molar-refractivity contribution in [2.45, 2.75) is 20.5 Å². The van der Waals surface area contributed by atoms with E-state index in [4.69, 9.17) is 4.74 Å². The van der Waals surface area contributed by atoms with E-state index >= 15 is 0 Å². The van der Waals surface area contributed by atoms with E-state index in [1.807, 2.05) is 31.2 Å². The number of nitro benzene ring substituents is 1. The van der Waals surface area contributed by atoms with Crippen LogP contribution in [0.2, 0.25) is 0 Å². The smallest absolute Gasteiger partial charge is 0.276 e. The average molecular weight is 336 g/mol. The Morgan fingerprint density at radius 2 is 1.90 bits per heavy atom. The SMILES string of the molecule is Cc1cc(C)c([N+](=O)[O-])cc1OCc1ccccc1Br. The fraction of sp³-hybridized carbons (Fsp3) is 0.200. The molecule has 4 nitrogen and oxygen atoms in total. The van der Waals surface area contributed by atoms with Crippen molar-refractivity contribution in [1.82, 2.24) is 0 Å². The van der Waals surface area contributed by atoms with Crippen molar-refractivity contribution in [3.63, 3.8) is 0 Å². The first-order valence-corrected chi connectivity index (χ1v) is 6.90. The summed E-state index contributed by atoms with van der Waals surface area (Å²) < 4.78 is 6.67. The fourth-order valence-corrected chi connectivity index (χ4v) is 2.34. The second-order valence-electron chi connectivity index (χ2n) is 4.54. The van der Waals surface area contributed by atoms with Crippen molar-refractivity contribution < 1.29 is 9.66 Å². The van der Waals surface area contributed by atoms with Gasteiger partial charge in [0.05, 0.1) is 11.0 Å². The summed E-state index contributed by atoms with van der Waals surface area (Å²) in [6.45, 7) is 3.97. The van der Waals surface area contributed by atoms with Gasteiger partial charge in [-0.25, -0.2) is 0 Å². The molecule has 0 spiro atoms. The molecule has 2 aromatic rings. The molecule has 0 radical (unpaired) electrons. The van der Waals surface area contributed by atoms with Gasteiger partial charge in [-0.2, -0.15) is 0 Å². The first-order valence-electron chi connectivity index (χ1n) is 6.11. The Kier molecular flexibility index (Phi) is 4.39. The highest BCUT2D eigenvalue weighted by Gasteiger charge is 2.14. The van der Waals surface area contributed by atoms with E-state index in [1.54, 1.807) is 13.0 Å². The first kappa shape index (κ1) is 14.5. The predicted octanol–water partition coefficient (Wildman–Crippen LogP) is 4.55. The summed E-state index contributed by atoms with van der Waals surface area (Å²) in [6, 6.07) is 11.0. The molecule has 0 atom stereocenters. The van der Waals surface area contributed by atoms with Crippen LogP contribution >= 0.6 is 15.9 Å². The minimum atomic E-state index is -0.389. The minimum Gasteiger partial charge on any atom is -0.488 e. The number of nitro groups is 1. The Balaban J connectivity index is 2.24. The van der Waals surface area contributed by atoms with Crippen LogP contribution in [-0.4, -0.2) is 4.92 Å². The lowest BCUT2D eigenvalue weighted by molar-refractivity contribution is -0.385. The topological polar surface area (TPSA) is 52.4 Å². The standard InChI is InChI=1S/C15H14BrNO3/c1-10-7-11(2)15(8-14(10)17(18)19)20-9-12-5-3-4-6-13(12)16/h3-8H,9H2,1-2H3. The normalized spacial score (nSPS) is 10.3. The van der Waals surface area contributed by atoms with Crippen LogP contribution in [-0.2, 0) is 6.61 Å². The van der Waals surface area contributed by atoms with E-state index in [2.05, 4.69) is 15.9 Å². The van der Waals surface area contributed by atoms with Crippen LogP contribution in [0, 0.1) is 24.0 Å². The molecule has 0 aliphatic heterocycles. The third-order valence-electron chi connectivity index (χ3n) is 3.03. The molecule has 0 N–H and O–H groups in total. The monoisotopic (exact) mass is 335 g/mol. The fourth-order valence-electron chi connectivity index (χ4n) is 1.94. The van der Waals surface area contributed by atoms with E-state index in [1.165, 1.54) is 6.07 Å². The Bertz CT molecular complexity index is 656. The Labute approximate surface area is 125 Å². The van der Waals surface area contributed by atoms with Gasteiger partial charge in [-0.3, -0.25) is 10.1 Å². The van der Waals surface area contributed by atoms with E-state index in [0.717, 1.165) is 15.6 Å². The molecule has 0 saturated carbocycles. The first-order chi connectivity index (χ1) is 9.49. The van der Waals surface area contributed by atoms with Gasteiger partial charge in [-0.1, -0.05) is 34.1 Å². The molecule has 0 aromatic heterocycles. The van der Waals surface area contributed by atoms with Crippen molar-refractivity contribution in [3.05, 3.63) is 67.7 Å². The lowest BCUT2D eigenvalue weighted by Gasteiger charge is -2.11. The average Bonchev–Trinajstić information content (AvgIpc) is 2.39. The highest BCUT2D eigenvalue weighted by atomic mass is 79.9. The summed E-state index contributed by atoms with van der Waals surface area (Å²) in [4.78, 5) is 10.6. The van der Waals surface area contributed by atoms with Crippen LogP contribution < -0.4 is 4.74 Å². The molecule has 0 saturated heterocycles. The van der Waals surface area contributed by atoms with Crippen LogP contribution in [0.4, 0.5) is 5.69 Å². The number of hydrogen-bond donors (Lipinski definition) is 0. The summed E-state index contributed by atoms with van der Waals surface area (Å²) in [5.41, 5.74) is 2.61. The molecule has 0 bridgehead atoms. The highest BCUT2D eigenvalue weighted by Crippen LogP contribution is 2.29. The van der Waals surface area contributed by atoms with Crippen LogP contribution in [0.25, 0.3) is 0 Å². The van der Waals surface area contributed by atoms with E-state index < -0.39 is 0 Å². The third-order valence-corrected chi connectivity index (χ3v) is 3.80. The van der Waals surface area contributed by atoms with Crippen LogP contribution in [0.1, 0.15) is 16.7 Å². The summed E-state index contributed by atoms with van der Waals surface area (Å²) >= 11 is 3.45. The van der Waals surface area contributed by atoms with Gasteiger partial charge in [0.2, 0.25) is 0 Å². The molecule has 104 valence electrons. The minimum absolute atomic E-state index is 0.0812. The summed E-state index contributed by atoms with van der Waals surface area (Å²) in [5, 5.41) is 11.0. The number of ether oxygens (including phenoxy) is 1. The van der Waals surface area contributed by atoms with Gasteiger partial charge in [0.25, 0.3) is 5.69 Å². The van der Waals surface area contributed by atoms with Gasteiger partial charge in [0.1, 0.15) is 12.4 Å². The lowest BCUT2D eigenvalue weighted by atomic mass is 10.1. The van der Waals surface area contributed by atoms with Gasteiger partial charge in [0.15, 0.2) is 0 Å². The Morgan fingerprint density at radius 3 is 2.55 bits per heavy atom. The maximum atomic E-state index is 11.0. The highest BCUT2D eigenvalue weighted by molar-refractivity contribution is 9.10. The van der Waals surface area contributed by atoms with Crippen molar-refractivity contribution in [3.8, 4) is 5.75 Å². The summed E-state index contributed by atoms with van der Waals surface area (Å²) in [5.74, 6) is 0.540. The van der Waals surface area contributed by atoms with Gasteiger partial charge in [-0.05, 0) is 31.5 Å². The molecule has 20 heavy (non-hydrogen) atoms. The van der Waals surface area contributed by atoms with Crippen LogP contribution in [0.5, 0.6) is 5.75 Å². The zero-order valence-electron chi connectivity index (χ0n) is 11.2. The van der Waals surface area contributed by atoms with Crippen molar-refractivity contribution in [2.75, 3.05) is 0 Å². The zero-order chi connectivity index (χ0) is 14.7. The number of hydrogen-bond acceptors (Lipinski definition) is 3. The van der Waals surface area contributed by atoms with Crippen LogP contribution in [0.3, 0.4) is 0 Å². The lowest BCUT2D eigenvalue weighted by Crippen LogP contribution is -2.00. The van der Waals surface area contributed by atoms with Crippen molar-refractivity contribution in [1.29, 1.82) is 0 Å². The van der Waals surface area contributed by atoms with E-state index in [0.29, 0.717) is 17.9 Å². The molecule has 0 aliphatic carbocycles. The molecule has 0 amide bonds. The Hall–Kier alpha value is -1.88. The number of nitrogens with zero attached hydrogens (tertiary/aromatic N) is 1. The summed E-state index contributed by atoms with van der Waals surface area (Å²) in [6.07, 6.45) is 0. The zero-order valence-corrected chi connectivity index (χ0v) is 12.8. The quantitative estimate of drug-likeness (QED) is 0.608. The number of benzene rings is 2. The molecular formula is C15H14BrNO3. The molecule has 0 fully saturated rings.